The first-order valence-electron chi connectivity index (χ1n) is 4.60. The Balaban J connectivity index is 2.88. The van der Waals surface area contributed by atoms with Gasteiger partial charge in [0, 0.05) is 12.3 Å². The maximum atomic E-state index is 11.6. The second-order valence-corrected chi connectivity index (χ2v) is 4.23. The number of amides is 3. The second kappa shape index (κ2) is 4.18. The normalized spacial score (nSPS) is 20.1. The van der Waals surface area contributed by atoms with Crippen LogP contribution in [0.4, 0.5) is 0 Å². The highest BCUT2D eigenvalue weighted by Gasteiger charge is 2.42. The van der Waals surface area contributed by atoms with Gasteiger partial charge in [0.05, 0.1) is 0 Å². The molecule has 1 heterocycles. The molecule has 0 aromatic rings. The number of piperazine rings is 1. The topological polar surface area (TPSA) is 66.5 Å². The molecule has 3 amide bonds. The third-order valence-corrected chi connectivity index (χ3v) is 2.58. The molecule has 1 rings (SSSR count). The van der Waals surface area contributed by atoms with Crippen molar-refractivity contribution in [3.8, 4) is 0 Å². The predicted molar refractivity (Wildman–Crippen MR) is 54.3 cm³/mol. The Labute approximate surface area is 92.8 Å². The molecule has 0 aromatic heterocycles. The number of hydrogen-bond donors (Lipinski definition) is 1. The molecular weight excluding hydrogens is 220 g/mol. The molecule has 0 saturated carbocycles. The van der Waals surface area contributed by atoms with E-state index in [-0.39, 0.29) is 24.8 Å². The minimum atomic E-state index is -0.989. The van der Waals surface area contributed by atoms with Crippen molar-refractivity contribution < 1.29 is 14.4 Å². The van der Waals surface area contributed by atoms with Crippen LogP contribution < -0.4 is 5.32 Å². The lowest BCUT2D eigenvalue weighted by molar-refractivity contribution is -0.155. The van der Waals surface area contributed by atoms with Gasteiger partial charge in [-0.3, -0.25) is 19.7 Å². The summed E-state index contributed by atoms with van der Waals surface area (Å²) >= 11 is 5.45. The van der Waals surface area contributed by atoms with Crippen LogP contribution in [0, 0.1) is 0 Å². The predicted octanol–water partition coefficient (Wildman–Crippen LogP) is -0.121. The lowest BCUT2D eigenvalue weighted by atomic mass is 9.98. The molecule has 1 N–H and O–H groups in total. The summed E-state index contributed by atoms with van der Waals surface area (Å²) < 4.78 is 0. The maximum absolute atomic E-state index is 11.6. The highest BCUT2D eigenvalue weighted by molar-refractivity contribution is 6.19. The zero-order valence-corrected chi connectivity index (χ0v) is 9.43. The molecule has 0 radical (unpaired) electrons. The summed E-state index contributed by atoms with van der Waals surface area (Å²) in [6, 6.07) is 0. The number of nitrogens with one attached hydrogen (secondary N) is 1. The highest BCUT2D eigenvalue weighted by Crippen LogP contribution is 2.19. The average Bonchev–Trinajstić information content (AvgIpc) is 2.12. The van der Waals surface area contributed by atoms with Gasteiger partial charge in [0.25, 0.3) is 5.91 Å². The SMILES string of the molecule is CC1(C)C(=O)NC(=O)CN1C(=O)CCCl. The monoisotopic (exact) mass is 232 g/mol. The van der Waals surface area contributed by atoms with Gasteiger partial charge in [-0.15, -0.1) is 11.6 Å². The van der Waals surface area contributed by atoms with Crippen LogP contribution in [-0.2, 0) is 14.4 Å². The molecule has 15 heavy (non-hydrogen) atoms. The fourth-order valence-corrected chi connectivity index (χ4v) is 1.56. The number of halogens is 1. The van der Waals surface area contributed by atoms with E-state index in [0.717, 1.165) is 0 Å². The van der Waals surface area contributed by atoms with Crippen molar-refractivity contribution in [1.82, 2.24) is 10.2 Å². The third-order valence-electron chi connectivity index (χ3n) is 2.39. The van der Waals surface area contributed by atoms with Crippen molar-refractivity contribution in [2.24, 2.45) is 0 Å². The van der Waals surface area contributed by atoms with Crippen molar-refractivity contribution in [1.29, 1.82) is 0 Å². The number of imide groups is 1. The Morgan fingerprint density at radius 2 is 2.13 bits per heavy atom. The van der Waals surface area contributed by atoms with Gasteiger partial charge in [0.1, 0.15) is 12.1 Å². The van der Waals surface area contributed by atoms with E-state index in [0.29, 0.717) is 0 Å². The van der Waals surface area contributed by atoms with Gasteiger partial charge >= 0.3 is 0 Å². The Morgan fingerprint density at radius 3 is 2.67 bits per heavy atom. The molecule has 1 aliphatic rings. The average molecular weight is 233 g/mol. The van der Waals surface area contributed by atoms with Crippen LogP contribution in [-0.4, -0.2) is 40.6 Å². The summed E-state index contributed by atoms with van der Waals surface area (Å²) in [7, 11) is 0. The molecule has 0 unspecified atom stereocenters. The van der Waals surface area contributed by atoms with E-state index >= 15 is 0 Å². The molecule has 5 nitrogen and oxygen atoms in total. The van der Waals surface area contributed by atoms with Gasteiger partial charge in [-0.25, -0.2) is 0 Å². The molecule has 0 atom stereocenters. The molecule has 1 fully saturated rings. The summed E-state index contributed by atoms with van der Waals surface area (Å²) in [6.07, 6.45) is 0.131. The van der Waals surface area contributed by atoms with Crippen LogP contribution in [0.25, 0.3) is 0 Å². The van der Waals surface area contributed by atoms with E-state index in [1.807, 2.05) is 0 Å². The van der Waals surface area contributed by atoms with Crippen LogP contribution in [0.1, 0.15) is 20.3 Å². The highest BCUT2D eigenvalue weighted by atomic mass is 35.5. The standard InChI is InChI=1S/C9H13ClN2O3/c1-9(2)8(15)11-6(13)5-12(9)7(14)3-4-10/h3-5H2,1-2H3,(H,11,13,15). The number of hydrogen-bond acceptors (Lipinski definition) is 3. The third kappa shape index (κ3) is 2.28. The fraction of sp³-hybridized carbons (Fsp3) is 0.667. The minimum absolute atomic E-state index is 0.0888. The van der Waals surface area contributed by atoms with Crippen molar-refractivity contribution in [3.63, 3.8) is 0 Å². The lowest BCUT2D eigenvalue weighted by Gasteiger charge is -2.40. The van der Waals surface area contributed by atoms with Crippen molar-refractivity contribution in [2.45, 2.75) is 25.8 Å². The molecule has 0 spiro atoms. The Bertz CT molecular complexity index is 314. The van der Waals surface area contributed by atoms with E-state index < -0.39 is 17.4 Å². The fourth-order valence-electron chi connectivity index (χ4n) is 1.40. The van der Waals surface area contributed by atoms with Crippen LogP contribution in [0.2, 0.25) is 0 Å². The van der Waals surface area contributed by atoms with Crippen molar-refractivity contribution in [2.75, 3.05) is 12.4 Å². The molecule has 6 heteroatoms. The van der Waals surface area contributed by atoms with Crippen LogP contribution >= 0.6 is 11.6 Å². The molecule has 0 aromatic carbocycles. The summed E-state index contributed by atoms with van der Waals surface area (Å²) in [5, 5.41) is 2.19. The largest absolute Gasteiger partial charge is 0.319 e. The van der Waals surface area contributed by atoms with Gasteiger partial charge in [-0.2, -0.15) is 0 Å². The van der Waals surface area contributed by atoms with Crippen molar-refractivity contribution >= 4 is 29.3 Å². The molecule has 1 saturated heterocycles. The van der Waals surface area contributed by atoms with Gasteiger partial charge in [-0.1, -0.05) is 0 Å². The first-order valence-corrected chi connectivity index (χ1v) is 5.13. The van der Waals surface area contributed by atoms with Crippen LogP contribution in [0.15, 0.2) is 0 Å². The minimum Gasteiger partial charge on any atom is -0.319 e. The van der Waals surface area contributed by atoms with Crippen LogP contribution in [0.3, 0.4) is 0 Å². The Kier molecular flexibility index (Phi) is 3.34. The summed E-state index contributed by atoms with van der Waals surface area (Å²) in [5.74, 6) is -1.01. The van der Waals surface area contributed by atoms with Gasteiger partial charge in [0.2, 0.25) is 11.8 Å². The van der Waals surface area contributed by atoms with E-state index in [9.17, 15) is 14.4 Å². The van der Waals surface area contributed by atoms with Gasteiger partial charge in [-0.05, 0) is 13.8 Å². The number of alkyl halides is 1. The van der Waals surface area contributed by atoms with Crippen molar-refractivity contribution in [3.05, 3.63) is 0 Å². The molecule has 84 valence electrons. The Hall–Kier alpha value is -1.10. The van der Waals surface area contributed by atoms with Gasteiger partial charge < -0.3 is 4.90 Å². The number of carbonyl (C=O) groups excluding carboxylic acids is 3. The molecule has 1 aliphatic heterocycles. The van der Waals surface area contributed by atoms with E-state index in [1.165, 1.54) is 4.90 Å². The van der Waals surface area contributed by atoms with E-state index in [4.69, 9.17) is 11.6 Å². The number of carbonyl (C=O) groups is 3. The molecule has 0 aliphatic carbocycles. The number of nitrogens with zero attached hydrogens (tertiary/aromatic N) is 1. The van der Waals surface area contributed by atoms with E-state index in [2.05, 4.69) is 5.32 Å². The summed E-state index contributed by atoms with van der Waals surface area (Å²) in [6.45, 7) is 3.11. The Morgan fingerprint density at radius 1 is 1.53 bits per heavy atom. The summed E-state index contributed by atoms with van der Waals surface area (Å²) in [4.78, 5) is 35.5. The quantitative estimate of drug-likeness (QED) is 0.533. The van der Waals surface area contributed by atoms with Crippen LogP contribution in [0.5, 0.6) is 0 Å². The molecule has 0 bridgehead atoms. The first kappa shape index (κ1) is 12.0. The summed E-state index contributed by atoms with van der Waals surface area (Å²) in [5.41, 5.74) is -0.989. The maximum Gasteiger partial charge on any atom is 0.252 e. The number of rotatable bonds is 2. The van der Waals surface area contributed by atoms with E-state index in [1.54, 1.807) is 13.8 Å². The lowest BCUT2D eigenvalue weighted by Crippen LogP contribution is -2.65. The zero-order chi connectivity index (χ0) is 11.6. The second-order valence-electron chi connectivity index (χ2n) is 3.86. The molecular formula is C9H13ClN2O3. The smallest absolute Gasteiger partial charge is 0.252 e. The van der Waals surface area contributed by atoms with Gasteiger partial charge in [0.15, 0.2) is 0 Å². The first-order chi connectivity index (χ1) is 6.89. The zero-order valence-electron chi connectivity index (χ0n) is 8.67.